The minimum absolute atomic E-state index is 0.00927. The van der Waals surface area contributed by atoms with Gasteiger partial charge in [-0.25, -0.2) is 4.79 Å². The van der Waals surface area contributed by atoms with E-state index in [0.717, 1.165) is 0 Å². The number of esters is 2. The van der Waals surface area contributed by atoms with Crippen LogP contribution in [-0.4, -0.2) is 24.1 Å². The van der Waals surface area contributed by atoms with E-state index in [1.165, 1.54) is 0 Å². The van der Waals surface area contributed by atoms with Crippen LogP contribution in [0, 0.1) is 17.3 Å². The van der Waals surface area contributed by atoms with Gasteiger partial charge in [-0.15, -0.1) is 0 Å². The van der Waals surface area contributed by atoms with Crippen LogP contribution in [-0.2, 0) is 14.3 Å². The molecular weight excluding hydrogens is 280 g/mol. The Morgan fingerprint density at radius 1 is 1.14 bits per heavy atom. The zero-order valence-electron chi connectivity index (χ0n) is 13.9. The van der Waals surface area contributed by atoms with Crippen LogP contribution in [0.4, 0.5) is 0 Å². The number of hydrogen-bond acceptors (Lipinski definition) is 4. The van der Waals surface area contributed by atoms with E-state index < -0.39 is 5.60 Å². The number of ether oxygens (including phenoxy) is 2. The van der Waals surface area contributed by atoms with Crippen molar-refractivity contribution in [3.8, 4) is 0 Å². The second-order valence-corrected chi connectivity index (χ2v) is 7.40. The van der Waals surface area contributed by atoms with Gasteiger partial charge >= 0.3 is 11.9 Å². The third kappa shape index (κ3) is 3.67. The Kier molecular flexibility index (Phi) is 4.32. The third-order valence-corrected chi connectivity index (χ3v) is 4.11. The summed E-state index contributed by atoms with van der Waals surface area (Å²) in [6.45, 7) is 9.80. The summed E-state index contributed by atoms with van der Waals surface area (Å²) in [5, 5.41) is 0. The van der Waals surface area contributed by atoms with Crippen LogP contribution < -0.4 is 0 Å². The van der Waals surface area contributed by atoms with Gasteiger partial charge in [-0.2, -0.15) is 0 Å². The van der Waals surface area contributed by atoms with Gasteiger partial charge in [0.1, 0.15) is 5.60 Å². The topological polar surface area (TPSA) is 52.6 Å². The molecule has 0 aliphatic heterocycles. The van der Waals surface area contributed by atoms with E-state index in [9.17, 15) is 9.59 Å². The lowest BCUT2D eigenvalue weighted by molar-refractivity contribution is -0.157. The Morgan fingerprint density at radius 3 is 2.27 bits per heavy atom. The quantitative estimate of drug-likeness (QED) is 0.799. The smallest absolute Gasteiger partial charge is 0.338 e. The van der Waals surface area contributed by atoms with Gasteiger partial charge in [0, 0.05) is 5.92 Å². The molecule has 2 atom stereocenters. The van der Waals surface area contributed by atoms with Crippen molar-refractivity contribution in [1.29, 1.82) is 0 Å². The maximum atomic E-state index is 12.2. The molecular formula is C18H24O4. The lowest BCUT2D eigenvalue weighted by atomic mass is 10.1. The number of benzene rings is 1. The molecule has 4 heteroatoms. The van der Waals surface area contributed by atoms with Crippen LogP contribution >= 0.6 is 0 Å². The molecule has 1 aromatic carbocycles. The molecule has 0 saturated heterocycles. The number of rotatable bonds is 4. The largest absolute Gasteiger partial charge is 0.462 e. The molecule has 4 nitrogen and oxygen atoms in total. The van der Waals surface area contributed by atoms with Crippen molar-refractivity contribution in [3.63, 3.8) is 0 Å². The average Bonchev–Trinajstić information content (AvgIpc) is 2.96. The monoisotopic (exact) mass is 304 g/mol. The van der Waals surface area contributed by atoms with Crippen LogP contribution in [0.1, 0.15) is 45.0 Å². The Hall–Kier alpha value is -1.84. The Labute approximate surface area is 131 Å². The van der Waals surface area contributed by atoms with Gasteiger partial charge in [0.2, 0.25) is 0 Å². The van der Waals surface area contributed by atoms with Crippen LogP contribution in [0.15, 0.2) is 30.3 Å². The lowest BCUT2D eigenvalue weighted by Crippen LogP contribution is -2.26. The fraction of sp³-hybridized carbons (Fsp3) is 0.556. The van der Waals surface area contributed by atoms with Gasteiger partial charge in [-0.05, 0) is 38.3 Å². The maximum absolute atomic E-state index is 12.2. The SMILES string of the molecule is CC(C)(C)OC(=O)C1C(COC(=O)c2ccccc2)C1(C)C. The van der Waals surface area contributed by atoms with Crippen molar-refractivity contribution in [1.82, 2.24) is 0 Å². The van der Waals surface area contributed by atoms with Crippen molar-refractivity contribution in [2.24, 2.45) is 17.3 Å². The lowest BCUT2D eigenvalue weighted by Gasteiger charge is -2.20. The molecule has 0 aromatic heterocycles. The molecule has 0 N–H and O–H groups in total. The summed E-state index contributed by atoms with van der Waals surface area (Å²) >= 11 is 0. The molecule has 0 heterocycles. The molecule has 1 aromatic rings. The van der Waals surface area contributed by atoms with Crippen LogP contribution in [0.5, 0.6) is 0 Å². The molecule has 1 aliphatic rings. The Morgan fingerprint density at radius 2 is 1.73 bits per heavy atom. The highest BCUT2D eigenvalue weighted by atomic mass is 16.6. The highest BCUT2D eigenvalue weighted by Gasteiger charge is 2.63. The molecule has 1 aliphatic carbocycles. The van der Waals surface area contributed by atoms with E-state index in [1.807, 2.05) is 40.7 Å². The average molecular weight is 304 g/mol. The summed E-state index contributed by atoms with van der Waals surface area (Å²) in [6.07, 6.45) is 0. The second-order valence-electron chi connectivity index (χ2n) is 7.40. The predicted octanol–water partition coefficient (Wildman–Crippen LogP) is 3.46. The first kappa shape index (κ1) is 16.5. The van der Waals surface area contributed by atoms with E-state index in [0.29, 0.717) is 5.56 Å². The molecule has 120 valence electrons. The molecule has 0 spiro atoms. The fourth-order valence-electron chi connectivity index (χ4n) is 2.71. The molecule has 1 saturated carbocycles. The summed E-state index contributed by atoms with van der Waals surface area (Å²) in [5.74, 6) is -0.769. The first-order chi connectivity index (χ1) is 10.1. The van der Waals surface area contributed by atoms with E-state index in [4.69, 9.17) is 9.47 Å². The van der Waals surface area contributed by atoms with Crippen LogP contribution in [0.3, 0.4) is 0 Å². The zero-order chi connectivity index (χ0) is 16.5. The third-order valence-electron chi connectivity index (χ3n) is 4.11. The summed E-state index contributed by atoms with van der Waals surface area (Å²) in [4.78, 5) is 24.2. The molecule has 0 bridgehead atoms. The van der Waals surface area contributed by atoms with E-state index in [1.54, 1.807) is 24.3 Å². The predicted molar refractivity (Wildman–Crippen MR) is 83.3 cm³/mol. The van der Waals surface area contributed by atoms with Crippen molar-refractivity contribution in [3.05, 3.63) is 35.9 Å². The summed E-state index contributed by atoms with van der Waals surface area (Å²) in [7, 11) is 0. The minimum atomic E-state index is -0.499. The number of carbonyl (C=O) groups is 2. The van der Waals surface area contributed by atoms with E-state index in [-0.39, 0.29) is 35.8 Å². The van der Waals surface area contributed by atoms with Crippen molar-refractivity contribution >= 4 is 11.9 Å². The van der Waals surface area contributed by atoms with Crippen LogP contribution in [0.2, 0.25) is 0 Å². The van der Waals surface area contributed by atoms with Crippen molar-refractivity contribution < 1.29 is 19.1 Å². The summed E-state index contributed by atoms with van der Waals surface area (Å²) < 4.78 is 10.8. The highest BCUT2D eigenvalue weighted by molar-refractivity contribution is 5.89. The number of hydrogen-bond donors (Lipinski definition) is 0. The van der Waals surface area contributed by atoms with Gasteiger partial charge in [0.05, 0.1) is 18.1 Å². The standard InChI is InChI=1S/C18H24O4/c1-17(2,3)22-16(20)14-13(18(14,4)5)11-21-15(19)12-9-7-6-8-10-12/h6-10,13-14H,11H2,1-5H3. The van der Waals surface area contributed by atoms with Gasteiger partial charge < -0.3 is 9.47 Å². The molecule has 2 unspecified atom stereocenters. The molecule has 0 amide bonds. The Balaban J connectivity index is 1.91. The van der Waals surface area contributed by atoms with Gasteiger partial charge in [0.15, 0.2) is 0 Å². The maximum Gasteiger partial charge on any atom is 0.338 e. The van der Waals surface area contributed by atoms with E-state index >= 15 is 0 Å². The zero-order valence-corrected chi connectivity index (χ0v) is 13.9. The van der Waals surface area contributed by atoms with Crippen molar-refractivity contribution in [2.75, 3.05) is 6.61 Å². The van der Waals surface area contributed by atoms with Gasteiger partial charge in [-0.3, -0.25) is 4.79 Å². The van der Waals surface area contributed by atoms with Crippen molar-refractivity contribution in [2.45, 2.75) is 40.2 Å². The number of carbonyl (C=O) groups excluding carboxylic acids is 2. The summed E-state index contributed by atoms with van der Waals surface area (Å²) in [5.41, 5.74) is -0.171. The van der Waals surface area contributed by atoms with Gasteiger partial charge in [0.25, 0.3) is 0 Å². The molecule has 22 heavy (non-hydrogen) atoms. The minimum Gasteiger partial charge on any atom is -0.462 e. The molecule has 0 radical (unpaired) electrons. The molecule has 2 rings (SSSR count). The molecule has 1 fully saturated rings. The van der Waals surface area contributed by atoms with E-state index in [2.05, 4.69) is 0 Å². The first-order valence-electron chi connectivity index (χ1n) is 7.58. The Bertz CT molecular complexity index is 554. The van der Waals surface area contributed by atoms with Gasteiger partial charge in [-0.1, -0.05) is 32.0 Å². The first-order valence-corrected chi connectivity index (χ1v) is 7.58. The summed E-state index contributed by atoms with van der Waals surface area (Å²) in [6, 6.07) is 8.86. The highest BCUT2D eigenvalue weighted by Crippen LogP contribution is 2.59. The normalized spacial score (nSPS) is 22.8. The fourth-order valence-corrected chi connectivity index (χ4v) is 2.71. The van der Waals surface area contributed by atoms with Crippen LogP contribution in [0.25, 0.3) is 0 Å². The second kappa shape index (κ2) is 5.75.